The van der Waals surface area contributed by atoms with Crippen molar-refractivity contribution in [1.29, 1.82) is 5.26 Å². The number of hydrogen-bond donors (Lipinski definition) is 2. The Kier molecular flexibility index (Phi) is 2.93. The molecule has 2 rings (SSSR count). The van der Waals surface area contributed by atoms with Gasteiger partial charge in [-0.25, -0.2) is 4.98 Å². The molecule has 1 aromatic heterocycles. The zero-order valence-electron chi connectivity index (χ0n) is 9.10. The van der Waals surface area contributed by atoms with Gasteiger partial charge < -0.3 is 15.8 Å². The van der Waals surface area contributed by atoms with Crippen LogP contribution in [0.2, 0.25) is 0 Å². The molecule has 1 aliphatic carbocycles. The van der Waals surface area contributed by atoms with Crippen molar-refractivity contribution in [2.24, 2.45) is 0 Å². The van der Waals surface area contributed by atoms with E-state index in [1.165, 1.54) is 6.20 Å². The number of nitrogens with one attached hydrogen (secondary N) is 1. The maximum atomic E-state index is 8.93. The lowest BCUT2D eigenvalue weighted by molar-refractivity contribution is 0.0286. The Morgan fingerprint density at radius 1 is 1.62 bits per heavy atom. The summed E-state index contributed by atoms with van der Waals surface area (Å²) in [5.41, 5.74) is 6.84. The lowest BCUT2D eigenvalue weighted by atomic mass is 9.88. The summed E-state index contributed by atoms with van der Waals surface area (Å²) in [5, 5.41) is 12.2. The third-order valence-corrected chi connectivity index (χ3v) is 2.90. The normalized spacial score (nSPS) is 23.2. The van der Waals surface area contributed by atoms with Gasteiger partial charge in [-0.1, -0.05) is 0 Å². The average Bonchev–Trinajstić information content (AvgIpc) is 2.25. The van der Waals surface area contributed by atoms with Crippen LogP contribution < -0.4 is 11.1 Å². The number of pyridine rings is 1. The van der Waals surface area contributed by atoms with Gasteiger partial charge in [0.15, 0.2) is 0 Å². The molecule has 16 heavy (non-hydrogen) atoms. The Labute approximate surface area is 94.2 Å². The number of aromatic nitrogens is 1. The maximum Gasteiger partial charge on any atom is 0.125 e. The number of methoxy groups -OCH3 is 1. The van der Waals surface area contributed by atoms with E-state index in [-0.39, 0.29) is 12.1 Å². The standard InChI is InChI=1S/C11H14N4O/c1-16-10-3-2-8(10)15-9-4-11(13)14-6-7(9)5-12/h4,6,8,10H,2-3H2,1H3,(H3,13,14,15)/t8-,10-/m1/s1. The monoisotopic (exact) mass is 218 g/mol. The number of nitrogens with two attached hydrogens (primary N) is 1. The van der Waals surface area contributed by atoms with Gasteiger partial charge in [-0.2, -0.15) is 5.26 Å². The summed E-state index contributed by atoms with van der Waals surface area (Å²) in [6.45, 7) is 0. The van der Waals surface area contributed by atoms with Crippen LogP contribution in [0, 0.1) is 11.3 Å². The number of hydrogen-bond acceptors (Lipinski definition) is 5. The first-order valence-electron chi connectivity index (χ1n) is 5.19. The van der Waals surface area contributed by atoms with E-state index in [1.54, 1.807) is 13.2 Å². The van der Waals surface area contributed by atoms with E-state index in [4.69, 9.17) is 15.7 Å². The Balaban J connectivity index is 2.14. The molecule has 1 heterocycles. The van der Waals surface area contributed by atoms with Crippen molar-refractivity contribution in [2.75, 3.05) is 18.2 Å². The Hall–Kier alpha value is -1.80. The Morgan fingerprint density at radius 3 is 3.00 bits per heavy atom. The highest BCUT2D eigenvalue weighted by Gasteiger charge is 2.31. The molecule has 0 spiro atoms. The Bertz CT molecular complexity index is 424. The summed E-state index contributed by atoms with van der Waals surface area (Å²) in [5.74, 6) is 0.412. The molecule has 0 aliphatic heterocycles. The molecular formula is C11H14N4O. The van der Waals surface area contributed by atoms with Crippen molar-refractivity contribution >= 4 is 11.5 Å². The first-order valence-corrected chi connectivity index (χ1v) is 5.19. The second kappa shape index (κ2) is 4.37. The van der Waals surface area contributed by atoms with Crippen molar-refractivity contribution in [1.82, 2.24) is 4.98 Å². The summed E-state index contributed by atoms with van der Waals surface area (Å²) in [4.78, 5) is 3.88. The molecule has 0 saturated heterocycles. The first kappa shape index (κ1) is 10.7. The summed E-state index contributed by atoms with van der Waals surface area (Å²) in [6, 6.07) is 4.03. The van der Waals surface area contributed by atoms with Crippen LogP contribution in [0.25, 0.3) is 0 Å². The minimum atomic E-state index is 0.223. The van der Waals surface area contributed by atoms with E-state index in [9.17, 15) is 0 Å². The van der Waals surface area contributed by atoms with E-state index in [2.05, 4.69) is 16.4 Å². The summed E-state index contributed by atoms with van der Waals surface area (Å²) < 4.78 is 5.28. The fraction of sp³-hybridized carbons (Fsp3) is 0.455. The molecule has 2 atom stereocenters. The number of anilines is 2. The van der Waals surface area contributed by atoms with Crippen LogP contribution in [0.1, 0.15) is 18.4 Å². The largest absolute Gasteiger partial charge is 0.384 e. The summed E-state index contributed by atoms with van der Waals surface area (Å²) >= 11 is 0. The molecule has 1 fully saturated rings. The molecule has 0 radical (unpaired) electrons. The minimum Gasteiger partial charge on any atom is -0.384 e. The van der Waals surface area contributed by atoms with Gasteiger partial charge in [-0.3, -0.25) is 0 Å². The van der Waals surface area contributed by atoms with E-state index >= 15 is 0 Å². The maximum absolute atomic E-state index is 8.93. The predicted octanol–water partition coefficient (Wildman–Crippen LogP) is 1.12. The number of nitriles is 1. The molecule has 3 N–H and O–H groups in total. The van der Waals surface area contributed by atoms with Gasteiger partial charge in [0.05, 0.1) is 23.4 Å². The molecule has 5 nitrogen and oxygen atoms in total. The number of nitrogen functional groups attached to an aromatic ring is 1. The van der Waals surface area contributed by atoms with Crippen molar-refractivity contribution in [3.63, 3.8) is 0 Å². The van der Waals surface area contributed by atoms with Crippen LogP contribution in [0.15, 0.2) is 12.3 Å². The zero-order valence-corrected chi connectivity index (χ0v) is 9.10. The van der Waals surface area contributed by atoms with E-state index in [0.717, 1.165) is 18.5 Å². The van der Waals surface area contributed by atoms with Crippen LogP contribution in [-0.4, -0.2) is 24.2 Å². The molecule has 1 aliphatic rings. The third-order valence-electron chi connectivity index (χ3n) is 2.90. The van der Waals surface area contributed by atoms with Crippen LogP contribution in [0.5, 0.6) is 0 Å². The molecule has 0 unspecified atom stereocenters. The minimum absolute atomic E-state index is 0.223. The van der Waals surface area contributed by atoms with Crippen molar-refractivity contribution in [3.05, 3.63) is 17.8 Å². The molecule has 0 bridgehead atoms. The van der Waals surface area contributed by atoms with Crippen molar-refractivity contribution in [2.45, 2.75) is 25.0 Å². The average molecular weight is 218 g/mol. The molecule has 84 valence electrons. The topological polar surface area (TPSA) is 84.0 Å². The highest BCUT2D eigenvalue weighted by atomic mass is 16.5. The van der Waals surface area contributed by atoms with Crippen LogP contribution in [-0.2, 0) is 4.74 Å². The van der Waals surface area contributed by atoms with Gasteiger partial charge >= 0.3 is 0 Å². The molecular weight excluding hydrogens is 204 g/mol. The first-order chi connectivity index (χ1) is 7.74. The van der Waals surface area contributed by atoms with Crippen LogP contribution in [0.4, 0.5) is 11.5 Å². The second-order valence-corrected chi connectivity index (χ2v) is 3.87. The lowest BCUT2D eigenvalue weighted by Gasteiger charge is -2.36. The smallest absolute Gasteiger partial charge is 0.125 e. The van der Waals surface area contributed by atoms with Gasteiger partial charge in [0, 0.05) is 19.4 Å². The third kappa shape index (κ3) is 1.92. The van der Waals surface area contributed by atoms with Crippen LogP contribution >= 0.6 is 0 Å². The fourth-order valence-electron chi connectivity index (χ4n) is 1.80. The van der Waals surface area contributed by atoms with Gasteiger partial charge in [0.1, 0.15) is 11.9 Å². The van der Waals surface area contributed by atoms with Gasteiger partial charge in [0.2, 0.25) is 0 Å². The number of nitrogens with zero attached hydrogens (tertiary/aromatic N) is 2. The molecule has 1 aromatic rings. The molecule has 5 heteroatoms. The highest BCUT2D eigenvalue weighted by molar-refractivity contribution is 5.61. The molecule has 0 amide bonds. The zero-order chi connectivity index (χ0) is 11.5. The number of ether oxygens (including phenoxy) is 1. The second-order valence-electron chi connectivity index (χ2n) is 3.87. The van der Waals surface area contributed by atoms with Crippen LogP contribution in [0.3, 0.4) is 0 Å². The van der Waals surface area contributed by atoms with Gasteiger partial charge in [0.25, 0.3) is 0 Å². The van der Waals surface area contributed by atoms with E-state index in [1.807, 2.05) is 0 Å². The Morgan fingerprint density at radius 2 is 2.44 bits per heavy atom. The van der Waals surface area contributed by atoms with Crippen molar-refractivity contribution in [3.8, 4) is 6.07 Å². The quantitative estimate of drug-likeness (QED) is 0.794. The summed E-state index contributed by atoms with van der Waals surface area (Å²) in [7, 11) is 1.70. The van der Waals surface area contributed by atoms with E-state index in [0.29, 0.717) is 11.4 Å². The summed E-state index contributed by atoms with van der Waals surface area (Å²) in [6.07, 6.45) is 3.81. The highest BCUT2D eigenvalue weighted by Crippen LogP contribution is 2.28. The lowest BCUT2D eigenvalue weighted by Crippen LogP contribution is -2.44. The SMILES string of the molecule is CO[C@@H]1CC[C@H]1Nc1cc(N)ncc1C#N. The predicted molar refractivity (Wildman–Crippen MR) is 60.8 cm³/mol. The number of rotatable bonds is 3. The van der Waals surface area contributed by atoms with E-state index < -0.39 is 0 Å². The fourth-order valence-corrected chi connectivity index (χ4v) is 1.80. The molecule has 1 saturated carbocycles. The van der Waals surface area contributed by atoms with Crippen molar-refractivity contribution < 1.29 is 4.74 Å². The van der Waals surface area contributed by atoms with Gasteiger partial charge in [-0.15, -0.1) is 0 Å². The molecule has 0 aromatic carbocycles. The van der Waals surface area contributed by atoms with Gasteiger partial charge in [-0.05, 0) is 12.8 Å².